The molecular weight excluding hydrogens is 350 g/mol. The lowest BCUT2D eigenvalue weighted by molar-refractivity contribution is -0.118. The average molecular weight is 380 g/mol. The van der Waals surface area contributed by atoms with Crippen molar-refractivity contribution in [3.05, 3.63) is 29.8 Å². The van der Waals surface area contributed by atoms with Gasteiger partial charge >= 0.3 is 0 Å². The third kappa shape index (κ3) is 4.84. The zero-order valence-corrected chi connectivity index (χ0v) is 16.6. The molecule has 2 aliphatic rings. The minimum atomic E-state index is -3.43. The van der Waals surface area contributed by atoms with Gasteiger partial charge in [0.05, 0.1) is 5.75 Å². The third-order valence-electron chi connectivity index (χ3n) is 5.12. The van der Waals surface area contributed by atoms with Crippen LogP contribution in [0.4, 0.5) is 5.69 Å². The Balaban J connectivity index is 1.62. The number of piperidine rings is 1. The van der Waals surface area contributed by atoms with Crippen LogP contribution < -0.4 is 15.4 Å². The number of nitrogens with one attached hydrogen (secondary N) is 3. The Morgan fingerprint density at radius 2 is 1.96 bits per heavy atom. The van der Waals surface area contributed by atoms with Crippen LogP contribution in [0.1, 0.15) is 45.6 Å². The van der Waals surface area contributed by atoms with Gasteiger partial charge in [-0.15, -0.1) is 0 Å². The number of rotatable bonds is 5. The topological polar surface area (TPSA) is 87.3 Å². The largest absolute Gasteiger partial charge is 0.326 e. The van der Waals surface area contributed by atoms with Crippen molar-refractivity contribution < 1.29 is 13.2 Å². The van der Waals surface area contributed by atoms with E-state index in [1.54, 1.807) is 18.2 Å². The number of anilines is 1. The molecule has 0 bridgehead atoms. The van der Waals surface area contributed by atoms with E-state index in [2.05, 4.69) is 15.4 Å². The molecule has 0 radical (unpaired) electrons. The average Bonchev–Trinajstić information content (AvgIpc) is 3.18. The van der Waals surface area contributed by atoms with Crippen LogP contribution in [0.15, 0.2) is 24.3 Å². The van der Waals surface area contributed by atoms with Gasteiger partial charge in [-0.2, -0.15) is 0 Å². The van der Waals surface area contributed by atoms with E-state index < -0.39 is 15.6 Å². The molecule has 1 atom stereocenters. The van der Waals surface area contributed by atoms with Gasteiger partial charge < -0.3 is 10.6 Å². The second kappa shape index (κ2) is 6.94. The summed E-state index contributed by atoms with van der Waals surface area (Å²) in [7, 11) is -3.43. The number of sulfonamides is 1. The monoisotopic (exact) mass is 379 g/mol. The van der Waals surface area contributed by atoms with E-state index in [0.29, 0.717) is 11.3 Å². The Kier molecular flexibility index (Phi) is 5.16. The molecule has 0 aromatic heterocycles. The van der Waals surface area contributed by atoms with Crippen molar-refractivity contribution in [2.24, 2.45) is 11.3 Å². The van der Waals surface area contributed by atoms with E-state index in [4.69, 9.17) is 0 Å². The van der Waals surface area contributed by atoms with Crippen LogP contribution in [0.3, 0.4) is 0 Å². The summed E-state index contributed by atoms with van der Waals surface area (Å²) < 4.78 is 27.2. The van der Waals surface area contributed by atoms with Crippen LogP contribution in [-0.4, -0.2) is 33.0 Å². The normalized spacial score (nSPS) is 22.2. The fourth-order valence-electron chi connectivity index (χ4n) is 3.89. The molecule has 6 nitrogen and oxygen atoms in total. The first-order valence-electron chi connectivity index (χ1n) is 9.21. The Hall–Kier alpha value is -1.44. The maximum atomic E-state index is 12.6. The summed E-state index contributed by atoms with van der Waals surface area (Å²) in [5.74, 6) is 0.0341. The van der Waals surface area contributed by atoms with E-state index in [-0.39, 0.29) is 23.0 Å². The summed E-state index contributed by atoms with van der Waals surface area (Å²) in [6.07, 6.45) is 3.08. The van der Waals surface area contributed by atoms with Gasteiger partial charge in [0.2, 0.25) is 15.9 Å². The van der Waals surface area contributed by atoms with Gasteiger partial charge in [0.1, 0.15) is 0 Å². The van der Waals surface area contributed by atoms with Gasteiger partial charge in [-0.05, 0) is 76.2 Å². The summed E-state index contributed by atoms with van der Waals surface area (Å²) in [4.78, 5) is 12.6. The predicted molar refractivity (Wildman–Crippen MR) is 103 cm³/mol. The molecule has 1 heterocycles. The van der Waals surface area contributed by atoms with E-state index in [0.717, 1.165) is 32.4 Å². The van der Waals surface area contributed by atoms with Crippen LogP contribution in [0.5, 0.6) is 0 Å². The Bertz CT molecular complexity index is 777. The number of benzene rings is 1. The van der Waals surface area contributed by atoms with Gasteiger partial charge in [-0.1, -0.05) is 12.1 Å². The number of hydrogen-bond acceptors (Lipinski definition) is 4. The van der Waals surface area contributed by atoms with Crippen LogP contribution in [0.2, 0.25) is 0 Å². The van der Waals surface area contributed by atoms with Crippen molar-refractivity contribution in [1.82, 2.24) is 10.0 Å². The lowest BCUT2D eigenvalue weighted by Crippen LogP contribution is -2.41. The van der Waals surface area contributed by atoms with Crippen LogP contribution >= 0.6 is 0 Å². The minimum Gasteiger partial charge on any atom is -0.326 e. The number of hydrogen-bond donors (Lipinski definition) is 3. The van der Waals surface area contributed by atoms with E-state index in [9.17, 15) is 13.2 Å². The molecule has 1 unspecified atom stereocenters. The second-order valence-electron chi connectivity index (χ2n) is 8.67. The van der Waals surface area contributed by atoms with Crippen molar-refractivity contribution in [3.8, 4) is 0 Å². The molecule has 1 aliphatic heterocycles. The van der Waals surface area contributed by atoms with Crippen molar-refractivity contribution in [2.75, 3.05) is 18.4 Å². The fourth-order valence-corrected chi connectivity index (χ4v) is 5.51. The van der Waals surface area contributed by atoms with E-state index >= 15 is 0 Å². The third-order valence-corrected chi connectivity index (χ3v) is 6.76. The smallest absolute Gasteiger partial charge is 0.228 e. The molecule has 1 saturated carbocycles. The second-order valence-corrected chi connectivity index (χ2v) is 10.4. The molecule has 3 rings (SSSR count). The maximum Gasteiger partial charge on any atom is 0.228 e. The summed E-state index contributed by atoms with van der Waals surface area (Å²) in [5, 5.41) is 6.32. The lowest BCUT2D eigenvalue weighted by atomic mass is 9.92. The molecule has 1 aliphatic carbocycles. The van der Waals surface area contributed by atoms with Crippen molar-refractivity contribution in [2.45, 2.75) is 51.3 Å². The summed E-state index contributed by atoms with van der Waals surface area (Å²) in [6, 6.07) is 7.10. The van der Waals surface area contributed by atoms with Gasteiger partial charge in [0.25, 0.3) is 0 Å². The molecule has 1 aromatic carbocycles. The highest BCUT2D eigenvalue weighted by Crippen LogP contribution is 2.58. The quantitative estimate of drug-likeness (QED) is 0.732. The highest BCUT2D eigenvalue weighted by Gasteiger charge is 2.57. The Morgan fingerprint density at radius 1 is 1.27 bits per heavy atom. The Morgan fingerprint density at radius 3 is 2.62 bits per heavy atom. The highest BCUT2D eigenvalue weighted by atomic mass is 32.2. The van der Waals surface area contributed by atoms with Gasteiger partial charge in [-0.25, -0.2) is 13.1 Å². The number of carbonyl (C=O) groups is 1. The molecule has 3 N–H and O–H groups in total. The molecule has 144 valence electrons. The SMILES string of the molecule is CC(C)(C)NS(=O)(=O)Cc1cccc(NC(=O)C2CC23CCNCC3)c1. The predicted octanol–water partition coefficient (Wildman–Crippen LogP) is 2.23. The maximum absolute atomic E-state index is 12.6. The van der Waals surface area contributed by atoms with Gasteiger partial charge in [-0.3, -0.25) is 4.79 Å². The summed E-state index contributed by atoms with van der Waals surface area (Å²) in [5.41, 5.74) is 0.994. The van der Waals surface area contributed by atoms with Crippen LogP contribution in [0, 0.1) is 11.3 Å². The molecule has 1 saturated heterocycles. The molecule has 7 heteroatoms. The first kappa shape index (κ1) is 19.3. The first-order valence-corrected chi connectivity index (χ1v) is 10.9. The standard InChI is InChI=1S/C19H29N3O3S/c1-18(2,3)22-26(24,25)13-14-5-4-6-15(11-14)21-17(23)16-12-19(16)7-9-20-10-8-19/h4-6,11,16,20,22H,7-10,12-13H2,1-3H3,(H,21,23). The number of amides is 1. The van der Waals surface area contributed by atoms with Gasteiger partial charge in [0, 0.05) is 17.1 Å². The Labute approximate surface area is 156 Å². The van der Waals surface area contributed by atoms with Crippen molar-refractivity contribution >= 4 is 21.6 Å². The molecular formula is C19H29N3O3S. The van der Waals surface area contributed by atoms with Crippen molar-refractivity contribution in [1.29, 1.82) is 0 Å². The zero-order chi connectivity index (χ0) is 19.0. The highest BCUT2D eigenvalue weighted by molar-refractivity contribution is 7.88. The van der Waals surface area contributed by atoms with Crippen molar-refractivity contribution in [3.63, 3.8) is 0 Å². The molecule has 1 aromatic rings. The zero-order valence-electron chi connectivity index (χ0n) is 15.8. The summed E-state index contributed by atoms with van der Waals surface area (Å²) >= 11 is 0. The summed E-state index contributed by atoms with van der Waals surface area (Å²) in [6.45, 7) is 7.41. The minimum absolute atomic E-state index is 0.0553. The van der Waals surface area contributed by atoms with Gasteiger partial charge in [0.15, 0.2) is 0 Å². The number of carbonyl (C=O) groups excluding carboxylic acids is 1. The fraction of sp³-hybridized carbons (Fsp3) is 0.632. The molecule has 1 spiro atoms. The molecule has 26 heavy (non-hydrogen) atoms. The van der Waals surface area contributed by atoms with E-state index in [1.165, 1.54) is 0 Å². The molecule has 1 amide bonds. The van der Waals surface area contributed by atoms with Crippen LogP contribution in [-0.2, 0) is 20.6 Å². The van der Waals surface area contributed by atoms with E-state index in [1.807, 2.05) is 26.8 Å². The lowest BCUT2D eigenvalue weighted by Gasteiger charge is -2.23. The first-order chi connectivity index (χ1) is 12.1. The molecule has 2 fully saturated rings. The van der Waals surface area contributed by atoms with Crippen LogP contribution in [0.25, 0.3) is 0 Å².